The molecular formula is C22H23FN4O. The van der Waals surface area contributed by atoms with Crippen molar-refractivity contribution in [3.8, 4) is 16.9 Å². The van der Waals surface area contributed by atoms with Gasteiger partial charge in [-0.1, -0.05) is 6.92 Å². The van der Waals surface area contributed by atoms with Crippen molar-refractivity contribution in [1.29, 1.82) is 0 Å². The number of carbonyl (C=O) groups excluding carboxylic acids is 1. The Balaban J connectivity index is 1.65. The van der Waals surface area contributed by atoms with E-state index in [4.69, 9.17) is 0 Å². The van der Waals surface area contributed by atoms with Crippen LogP contribution < -0.4 is 5.32 Å². The molecule has 1 amide bonds. The number of benzene rings is 1. The van der Waals surface area contributed by atoms with Gasteiger partial charge in [-0.3, -0.25) is 9.78 Å². The lowest BCUT2D eigenvalue weighted by Crippen LogP contribution is -2.37. The van der Waals surface area contributed by atoms with E-state index >= 15 is 0 Å². The minimum absolute atomic E-state index is 0.175. The Kier molecular flexibility index (Phi) is 5.19. The topological polar surface area (TPSA) is 59.8 Å². The van der Waals surface area contributed by atoms with Gasteiger partial charge in [0.2, 0.25) is 0 Å². The smallest absolute Gasteiger partial charge is 0.272 e. The van der Waals surface area contributed by atoms with Crippen molar-refractivity contribution in [3.63, 3.8) is 0 Å². The van der Waals surface area contributed by atoms with Gasteiger partial charge in [-0.2, -0.15) is 5.10 Å². The van der Waals surface area contributed by atoms with Gasteiger partial charge in [0.05, 0.1) is 11.4 Å². The highest BCUT2D eigenvalue weighted by atomic mass is 19.1. The number of pyridine rings is 1. The molecule has 0 spiro atoms. The van der Waals surface area contributed by atoms with Gasteiger partial charge in [0.15, 0.2) is 5.69 Å². The molecule has 1 fully saturated rings. The molecule has 2 aromatic heterocycles. The monoisotopic (exact) mass is 378 g/mol. The molecular weight excluding hydrogens is 355 g/mol. The fraction of sp³-hybridized carbons (Fsp3) is 0.318. The fourth-order valence-electron chi connectivity index (χ4n) is 3.65. The van der Waals surface area contributed by atoms with Crippen LogP contribution in [0.15, 0.2) is 54.9 Å². The number of hydrogen-bond donors (Lipinski definition) is 1. The summed E-state index contributed by atoms with van der Waals surface area (Å²) < 4.78 is 15.0. The Labute approximate surface area is 163 Å². The van der Waals surface area contributed by atoms with E-state index in [0.29, 0.717) is 11.4 Å². The van der Waals surface area contributed by atoms with E-state index < -0.39 is 0 Å². The summed E-state index contributed by atoms with van der Waals surface area (Å²) in [7, 11) is 0. The van der Waals surface area contributed by atoms with Crippen molar-refractivity contribution in [3.05, 3.63) is 66.4 Å². The van der Waals surface area contributed by atoms with E-state index in [1.165, 1.54) is 12.1 Å². The molecule has 0 radical (unpaired) electrons. The first kappa shape index (κ1) is 18.3. The van der Waals surface area contributed by atoms with Crippen LogP contribution in [0.3, 0.4) is 0 Å². The number of amides is 1. The van der Waals surface area contributed by atoms with Crippen molar-refractivity contribution in [2.45, 2.75) is 38.6 Å². The Morgan fingerprint density at radius 3 is 2.57 bits per heavy atom. The Morgan fingerprint density at radius 1 is 1.14 bits per heavy atom. The van der Waals surface area contributed by atoms with Crippen LogP contribution in [0.4, 0.5) is 4.39 Å². The summed E-state index contributed by atoms with van der Waals surface area (Å²) >= 11 is 0. The lowest BCUT2D eigenvalue weighted by Gasteiger charge is -2.26. The zero-order chi connectivity index (χ0) is 19.5. The molecule has 1 aromatic carbocycles. The number of nitrogens with zero attached hydrogens (tertiary/aromatic N) is 3. The van der Waals surface area contributed by atoms with E-state index in [0.717, 1.165) is 42.9 Å². The Bertz CT molecular complexity index is 944. The van der Waals surface area contributed by atoms with Crippen LogP contribution in [-0.4, -0.2) is 26.7 Å². The number of nitrogens with one attached hydrogen (secondary N) is 1. The molecule has 0 saturated heterocycles. The number of rotatable bonds is 4. The molecule has 4 rings (SSSR count). The third-order valence-electron chi connectivity index (χ3n) is 5.32. The average molecular weight is 378 g/mol. The van der Waals surface area contributed by atoms with Crippen LogP contribution in [-0.2, 0) is 0 Å². The van der Waals surface area contributed by atoms with Crippen molar-refractivity contribution >= 4 is 5.91 Å². The molecule has 2 heterocycles. The van der Waals surface area contributed by atoms with Gasteiger partial charge in [-0.05, 0) is 74.1 Å². The largest absolute Gasteiger partial charge is 0.348 e. The van der Waals surface area contributed by atoms with Gasteiger partial charge < -0.3 is 5.32 Å². The molecule has 1 aliphatic carbocycles. The Hall–Kier alpha value is -3.02. The molecule has 0 bridgehead atoms. The van der Waals surface area contributed by atoms with Gasteiger partial charge in [0.25, 0.3) is 5.91 Å². The minimum atomic E-state index is -0.316. The first-order valence-electron chi connectivity index (χ1n) is 9.67. The van der Waals surface area contributed by atoms with Crippen molar-refractivity contribution in [2.75, 3.05) is 0 Å². The number of aromatic nitrogens is 3. The van der Waals surface area contributed by atoms with Crippen LogP contribution in [0.25, 0.3) is 16.9 Å². The van der Waals surface area contributed by atoms with Gasteiger partial charge in [-0.25, -0.2) is 9.07 Å². The number of hydrogen-bond acceptors (Lipinski definition) is 3. The predicted octanol–water partition coefficient (Wildman–Crippen LogP) is 4.38. The third kappa shape index (κ3) is 3.96. The molecule has 0 aliphatic heterocycles. The highest BCUT2D eigenvalue weighted by Crippen LogP contribution is 2.26. The van der Waals surface area contributed by atoms with Crippen LogP contribution in [0.5, 0.6) is 0 Å². The van der Waals surface area contributed by atoms with E-state index in [-0.39, 0.29) is 17.8 Å². The maximum Gasteiger partial charge on any atom is 0.272 e. The summed E-state index contributed by atoms with van der Waals surface area (Å²) in [5, 5.41) is 7.64. The molecule has 3 aromatic rings. The molecule has 1 N–H and O–H groups in total. The summed E-state index contributed by atoms with van der Waals surface area (Å²) in [6.07, 6.45) is 7.69. The van der Waals surface area contributed by atoms with Crippen molar-refractivity contribution in [2.24, 2.45) is 5.92 Å². The Morgan fingerprint density at radius 2 is 1.89 bits per heavy atom. The lowest BCUT2D eigenvalue weighted by atomic mass is 9.87. The molecule has 1 saturated carbocycles. The minimum Gasteiger partial charge on any atom is -0.348 e. The molecule has 5 nitrogen and oxygen atoms in total. The highest BCUT2D eigenvalue weighted by molar-refractivity contribution is 5.93. The summed E-state index contributed by atoms with van der Waals surface area (Å²) in [6.45, 7) is 2.25. The second-order valence-electron chi connectivity index (χ2n) is 7.47. The van der Waals surface area contributed by atoms with E-state index in [2.05, 4.69) is 22.3 Å². The van der Waals surface area contributed by atoms with E-state index in [1.807, 2.05) is 12.1 Å². The quantitative estimate of drug-likeness (QED) is 0.733. The first-order valence-corrected chi connectivity index (χ1v) is 9.67. The van der Waals surface area contributed by atoms with Gasteiger partial charge in [-0.15, -0.1) is 0 Å². The average Bonchev–Trinajstić information content (AvgIpc) is 3.16. The van der Waals surface area contributed by atoms with Crippen molar-refractivity contribution in [1.82, 2.24) is 20.1 Å². The van der Waals surface area contributed by atoms with E-state index in [1.54, 1.807) is 35.3 Å². The standard InChI is InChI=1S/C22H23FN4O/c1-15-4-8-18(9-5-15)25-22(28)20-13-21(16-3-2-12-24-14-16)27(26-20)19-10-6-17(23)7-11-19/h2-3,6-7,10-15,18H,4-5,8-9H2,1H3,(H,25,28). The molecule has 144 valence electrons. The molecule has 0 atom stereocenters. The maximum atomic E-state index is 13.3. The molecule has 1 aliphatic rings. The zero-order valence-corrected chi connectivity index (χ0v) is 15.8. The SMILES string of the molecule is CC1CCC(NC(=O)c2cc(-c3cccnc3)n(-c3ccc(F)cc3)n2)CC1. The fourth-order valence-corrected chi connectivity index (χ4v) is 3.65. The normalized spacial score (nSPS) is 19.4. The van der Waals surface area contributed by atoms with Gasteiger partial charge >= 0.3 is 0 Å². The summed E-state index contributed by atoms with van der Waals surface area (Å²) in [6, 6.07) is 11.8. The van der Waals surface area contributed by atoms with Crippen LogP contribution in [0, 0.1) is 11.7 Å². The van der Waals surface area contributed by atoms with Crippen LogP contribution in [0.1, 0.15) is 43.1 Å². The second-order valence-corrected chi connectivity index (χ2v) is 7.47. The third-order valence-corrected chi connectivity index (χ3v) is 5.32. The van der Waals surface area contributed by atoms with Gasteiger partial charge in [0, 0.05) is 24.0 Å². The molecule has 0 unspecified atom stereocenters. The number of halogens is 1. The van der Waals surface area contributed by atoms with E-state index in [9.17, 15) is 9.18 Å². The highest BCUT2D eigenvalue weighted by Gasteiger charge is 2.23. The summed E-state index contributed by atoms with van der Waals surface area (Å²) in [5.74, 6) is 0.233. The summed E-state index contributed by atoms with van der Waals surface area (Å²) in [5.41, 5.74) is 2.61. The van der Waals surface area contributed by atoms with Gasteiger partial charge in [0.1, 0.15) is 5.82 Å². The predicted molar refractivity (Wildman–Crippen MR) is 106 cm³/mol. The van der Waals surface area contributed by atoms with Crippen LogP contribution >= 0.6 is 0 Å². The van der Waals surface area contributed by atoms with Crippen LogP contribution in [0.2, 0.25) is 0 Å². The molecule has 6 heteroatoms. The number of carbonyl (C=O) groups is 1. The van der Waals surface area contributed by atoms with Crippen molar-refractivity contribution < 1.29 is 9.18 Å². The second kappa shape index (κ2) is 7.92. The summed E-state index contributed by atoms with van der Waals surface area (Å²) in [4.78, 5) is 17.0. The molecule has 28 heavy (non-hydrogen) atoms. The lowest BCUT2D eigenvalue weighted by molar-refractivity contribution is 0.0917. The zero-order valence-electron chi connectivity index (χ0n) is 15.8. The maximum absolute atomic E-state index is 13.3. The first-order chi connectivity index (χ1) is 13.6.